The number of benzene rings is 4. The molecule has 0 unspecified atom stereocenters. The van der Waals surface area contributed by atoms with Crippen molar-refractivity contribution < 1.29 is 20.4 Å². The summed E-state index contributed by atoms with van der Waals surface area (Å²) in [6.07, 6.45) is 16.5. The standard InChI is InChI=1S/C44H28N4.Pd/c1-5-13-29(14-6-1)38-27-37-26-35-22-21-33(45-35)25-34-23-24-36(46-34)28-39-40(30-15-7-2-8-16-30)41(31-17-9-3-10-18-31)44(48-39)42(43(38)47-37)32-19-11-4-12-20-32;/h1-28H;. The van der Waals surface area contributed by atoms with Crippen LogP contribution in [0.5, 0.6) is 0 Å². The summed E-state index contributed by atoms with van der Waals surface area (Å²) in [5.41, 5.74) is 15.3. The van der Waals surface area contributed by atoms with Gasteiger partial charge in [0.05, 0.1) is 45.6 Å². The Morgan fingerprint density at radius 2 is 0.816 bits per heavy atom. The van der Waals surface area contributed by atoms with E-state index in [-0.39, 0.29) is 20.4 Å². The molecule has 4 aromatic carbocycles. The van der Waals surface area contributed by atoms with Crippen LogP contribution in [0.15, 0.2) is 213 Å². The molecule has 0 amide bonds. The largest absolute Gasteiger partial charge is 0.249 e. The minimum absolute atomic E-state index is 0. The average Bonchev–Trinajstić information content (AvgIpc) is 3.94. The van der Waals surface area contributed by atoms with Crippen LogP contribution >= 0.6 is 0 Å². The first-order chi connectivity index (χ1) is 23.8. The summed E-state index contributed by atoms with van der Waals surface area (Å²) < 4.78 is 0. The smallest absolute Gasteiger partial charge is 0.0822 e. The number of allylic oxidation sites excluding steroid dienone is 12. The molecule has 5 aliphatic rings. The second kappa shape index (κ2) is 13.0. The first kappa shape index (κ1) is 30.5. The maximum Gasteiger partial charge on any atom is 0.0822 e. The zero-order chi connectivity index (χ0) is 31.9. The summed E-state index contributed by atoms with van der Waals surface area (Å²) >= 11 is 0. The van der Waals surface area contributed by atoms with Crippen molar-refractivity contribution in [3.8, 4) is 0 Å². The van der Waals surface area contributed by atoms with Crippen LogP contribution in [0, 0.1) is 0 Å². The van der Waals surface area contributed by atoms with Crippen LogP contribution in [0.3, 0.4) is 0 Å². The molecule has 8 bridgehead atoms. The number of hydrogen-bond acceptors (Lipinski definition) is 4. The third-order valence-corrected chi connectivity index (χ3v) is 8.75. The van der Waals surface area contributed by atoms with Crippen molar-refractivity contribution >= 4 is 45.1 Å². The molecule has 0 N–H and O–H groups in total. The van der Waals surface area contributed by atoms with Gasteiger partial charge in [-0.1, -0.05) is 121 Å². The topological polar surface area (TPSA) is 49.4 Å². The molecule has 0 radical (unpaired) electrons. The Hall–Kier alpha value is -5.86. The molecule has 0 atom stereocenters. The van der Waals surface area contributed by atoms with Gasteiger partial charge in [-0.3, -0.25) is 0 Å². The molecule has 0 aliphatic carbocycles. The zero-order valence-corrected chi connectivity index (χ0v) is 27.8. The first-order valence-electron chi connectivity index (χ1n) is 16.1. The molecular weight excluding hydrogens is 691 g/mol. The van der Waals surface area contributed by atoms with Crippen molar-refractivity contribution in [1.82, 2.24) is 0 Å². The fourth-order valence-electron chi connectivity index (χ4n) is 6.63. The van der Waals surface area contributed by atoms with Crippen LogP contribution in [0.1, 0.15) is 22.3 Å². The van der Waals surface area contributed by atoms with Gasteiger partial charge in [0, 0.05) is 42.7 Å². The van der Waals surface area contributed by atoms with Crippen LogP contribution in [-0.4, -0.2) is 22.8 Å². The zero-order valence-electron chi connectivity index (χ0n) is 26.3. The molecule has 4 aromatic rings. The average molecular weight is 719 g/mol. The van der Waals surface area contributed by atoms with Gasteiger partial charge >= 0.3 is 0 Å². The predicted molar refractivity (Wildman–Crippen MR) is 200 cm³/mol. The Kier molecular flexibility index (Phi) is 8.07. The Balaban J connectivity index is 0.00000348. The summed E-state index contributed by atoms with van der Waals surface area (Å²) in [7, 11) is 0. The normalized spacial score (nSPS) is 17.5. The van der Waals surface area contributed by atoms with Crippen molar-refractivity contribution in [2.24, 2.45) is 20.0 Å². The summed E-state index contributed by atoms with van der Waals surface area (Å²) in [6.45, 7) is 0. The molecule has 0 saturated heterocycles. The Morgan fingerprint density at radius 3 is 1.39 bits per heavy atom. The quantitative estimate of drug-likeness (QED) is 0.189. The van der Waals surface area contributed by atoms with Gasteiger partial charge in [0.15, 0.2) is 0 Å². The maximum absolute atomic E-state index is 5.56. The van der Waals surface area contributed by atoms with Crippen LogP contribution in [0.4, 0.5) is 0 Å². The molecule has 0 fully saturated rings. The van der Waals surface area contributed by atoms with Crippen molar-refractivity contribution in [1.29, 1.82) is 0 Å². The van der Waals surface area contributed by atoms with E-state index in [9.17, 15) is 0 Å². The van der Waals surface area contributed by atoms with Gasteiger partial charge in [-0.25, -0.2) is 20.0 Å². The molecule has 0 aromatic heterocycles. The van der Waals surface area contributed by atoms with E-state index in [1.165, 1.54) is 0 Å². The first-order valence-corrected chi connectivity index (χ1v) is 16.1. The van der Waals surface area contributed by atoms with E-state index in [1.54, 1.807) is 0 Å². The minimum atomic E-state index is 0. The molecule has 0 saturated carbocycles. The summed E-state index contributed by atoms with van der Waals surface area (Å²) in [5, 5.41) is 0. The molecule has 234 valence electrons. The van der Waals surface area contributed by atoms with Gasteiger partial charge in [0.25, 0.3) is 0 Å². The van der Waals surface area contributed by atoms with E-state index in [1.807, 2.05) is 36.4 Å². The fourth-order valence-corrected chi connectivity index (χ4v) is 6.63. The molecule has 5 heteroatoms. The maximum atomic E-state index is 5.56. The third-order valence-electron chi connectivity index (χ3n) is 8.75. The van der Waals surface area contributed by atoms with Crippen molar-refractivity contribution in [3.63, 3.8) is 0 Å². The number of rotatable bonds is 4. The Bertz CT molecular complexity index is 2380. The molecule has 49 heavy (non-hydrogen) atoms. The number of hydrogen-bond donors (Lipinski definition) is 0. The molecular formula is C44H28N4Pd. The summed E-state index contributed by atoms with van der Waals surface area (Å²) in [4.78, 5) is 20.8. The summed E-state index contributed by atoms with van der Waals surface area (Å²) in [6, 6.07) is 42.1. The fraction of sp³-hybridized carbons (Fsp3) is 0. The van der Waals surface area contributed by atoms with E-state index in [4.69, 9.17) is 20.0 Å². The van der Waals surface area contributed by atoms with E-state index in [2.05, 4.69) is 133 Å². The number of nitrogens with zero attached hydrogens (tertiary/aromatic N) is 4. The predicted octanol–water partition coefficient (Wildman–Crippen LogP) is 9.69. The van der Waals surface area contributed by atoms with Gasteiger partial charge in [-0.15, -0.1) is 0 Å². The van der Waals surface area contributed by atoms with Gasteiger partial charge in [0.2, 0.25) is 0 Å². The molecule has 4 nitrogen and oxygen atoms in total. The SMILES string of the molecule is C1=CC2=NC1=CC1=NC(=C(c3ccccc3)C3=NC(=CC4=NC(=C2)C=C4)C=C3c2ccccc2)C(c2ccccc2)=C1c1ccccc1.[Pd]. The minimum Gasteiger partial charge on any atom is -0.249 e. The van der Waals surface area contributed by atoms with E-state index in [0.29, 0.717) is 0 Å². The summed E-state index contributed by atoms with van der Waals surface area (Å²) in [5.74, 6) is 0. The molecule has 9 rings (SSSR count). The van der Waals surface area contributed by atoms with Gasteiger partial charge in [-0.2, -0.15) is 0 Å². The Morgan fingerprint density at radius 1 is 0.347 bits per heavy atom. The van der Waals surface area contributed by atoms with Crippen LogP contribution in [-0.2, 0) is 20.4 Å². The second-order valence-corrected chi connectivity index (χ2v) is 11.9. The molecule has 5 heterocycles. The van der Waals surface area contributed by atoms with Crippen LogP contribution in [0.25, 0.3) is 22.3 Å². The Labute approximate surface area is 299 Å². The van der Waals surface area contributed by atoms with Crippen molar-refractivity contribution in [3.05, 3.63) is 215 Å². The monoisotopic (exact) mass is 718 g/mol. The van der Waals surface area contributed by atoms with Gasteiger partial charge in [0.1, 0.15) is 0 Å². The third kappa shape index (κ3) is 5.81. The van der Waals surface area contributed by atoms with Crippen LogP contribution < -0.4 is 0 Å². The molecule has 0 spiro atoms. The van der Waals surface area contributed by atoms with E-state index >= 15 is 0 Å². The van der Waals surface area contributed by atoms with Gasteiger partial charge in [-0.05, 0) is 70.9 Å². The van der Waals surface area contributed by atoms with Crippen molar-refractivity contribution in [2.75, 3.05) is 0 Å². The van der Waals surface area contributed by atoms with Gasteiger partial charge < -0.3 is 0 Å². The second-order valence-electron chi connectivity index (χ2n) is 11.9. The van der Waals surface area contributed by atoms with Crippen LogP contribution in [0.2, 0.25) is 0 Å². The number of aliphatic imine (C=N–C) groups is 4. The number of fused-ring (bicyclic) bond motifs is 4. The van der Waals surface area contributed by atoms with Crippen molar-refractivity contribution in [2.45, 2.75) is 0 Å². The van der Waals surface area contributed by atoms with E-state index < -0.39 is 0 Å². The van der Waals surface area contributed by atoms with E-state index in [0.717, 1.165) is 90.2 Å². The molecule has 5 aliphatic heterocycles.